The maximum absolute atomic E-state index is 15.2. The van der Waals surface area contributed by atoms with Crippen LogP contribution in [0.2, 0.25) is 0 Å². The predicted molar refractivity (Wildman–Crippen MR) is 240 cm³/mol. The summed E-state index contributed by atoms with van der Waals surface area (Å²) in [6.45, 7) is 4.83. The van der Waals surface area contributed by atoms with E-state index in [1.807, 2.05) is 30.3 Å². The van der Waals surface area contributed by atoms with Crippen LogP contribution in [-0.4, -0.2) is 96.5 Å². The average Bonchev–Trinajstić information content (AvgIpc) is 4.06. The lowest BCUT2D eigenvalue weighted by atomic mass is 9.70. The number of nitrogens with zero attached hydrogens (tertiary/aromatic N) is 2. The number of carbonyl (C=O) groups is 6. The lowest BCUT2D eigenvalue weighted by Crippen LogP contribution is -2.54. The summed E-state index contributed by atoms with van der Waals surface area (Å²) in [6, 6.07) is 15.0. The highest BCUT2D eigenvalue weighted by atomic mass is 19.3. The van der Waals surface area contributed by atoms with Crippen molar-refractivity contribution in [3.63, 3.8) is 0 Å². The summed E-state index contributed by atoms with van der Waals surface area (Å²) >= 11 is 0. The fourth-order valence-electron chi connectivity index (χ4n) is 10.6. The number of methoxy groups -OCH3 is 2. The molecule has 0 spiro atoms. The van der Waals surface area contributed by atoms with E-state index in [-0.39, 0.29) is 23.8 Å². The Morgan fingerprint density at radius 2 is 1.32 bits per heavy atom. The van der Waals surface area contributed by atoms with Gasteiger partial charge in [-0.05, 0) is 97.0 Å². The van der Waals surface area contributed by atoms with Crippen molar-refractivity contribution in [1.82, 2.24) is 20.4 Å². The molecule has 4 N–H and O–H groups in total. The van der Waals surface area contributed by atoms with Crippen molar-refractivity contribution in [3.8, 4) is 11.1 Å². The molecule has 3 aromatic carbocycles. The average molecular weight is 899 g/mol. The zero-order chi connectivity index (χ0) is 46.6. The first-order valence-corrected chi connectivity index (χ1v) is 22.8. The van der Waals surface area contributed by atoms with Gasteiger partial charge in [-0.2, -0.15) is 0 Å². The fourth-order valence-corrected chi connectivity index (χ4v) is 10.6. The molecule has 16 heteroatoms. The predicted octanol–water partition coefficient (Wildman–Crippen LogP) is 8.06. The number of unbranched alkanes of at least 4 members (excludes halogenated alkanes) is 2. The standard InChI is InChI=1S/C49H60F2N6O8/c1-6-8-22-48(23-9-7-2)36-25-32(53-42(58)39-24-31-16-13-17-38(31)57(39)44(60)29(3)52-46(62)64-4)18-20-34(36)35-21-19-33(26-37(35)48)54-43(59)40-27-49(50,51)28-56(40)45(61)41(55-47(63)65-5)30-14-11-10-12-15-30/h10-12,14-15,18-21,25-26,29,31,38-41H,6-9,13,16-17,22-24,27-28H2,1-5H3,(H,52,62)(H,53,58)(H,54,59)(H,55,63)/t29-,31+,38+,39+,40+,41-/m1/s1. The number of alkyl halides is 2. The first-order valence-electron chi connectivity index (χ1n) is 22.8. The SMILES string of the molecule is CCCCC1(CCCC)c2cc(NC(=O)[C@@H]3CC(F)(F)CN3C(=O)[C@H](NC(=O)OC)c3ccccc3)ccc2-c2ccc(NC(=O)[C@@H]3C[C@@H]4CCC[C@@H]4N3C(=O)[C@@H](C)NC(=O)OC)cc21. The highest BCUT2D eigenvalue weighted by Crippen LogP contribution is 2.55. The highest BCUT2D eigenvalue weighted by Gasteiger charge is 2.52. The van der Waals surface area contributed by atoms with Crippen molar-refractivity contribution in [2.45, 2.75) is 133 Å². The molecule has 2 aliphatic carbocycles. The fraction of sp³-hybridized carbons (Fsp3) is 0.510. The van der Waals surface area contributed by atoms with E-state index in [1.54, 1.807) is 48.2 Å². The number of nitrogens with one attached hydrogen (secondary N) is 4. The molecular formula is C49H60F2N6O8. The number of hydrogen-bond donors (Lipinski definition) is 4. The molecule has 0 aromatic heterocycles. The van der Waals surface area contributed by atoms with Crippen LogP contribution in [-0.2, 0) is 34.1 Å². The molecule has 6 amide bonds. The van der Waals surface area contributed by atoms with Crippen LogP contribution in [0.5, 0.6) is 0 Å². The molecule has 2 heterocycles. The second-order valence-electron chi connectivity index (χ2n) is 17.9. The van der Waals surface area contributed by atoms with E-state index in [1.165, 1.54) is 7.11 Å². The van der Waals surface area contributed by atoms with Gasteiger partial charge in [-0.15, -0.1) is 0 Å². The van der Waals surface area contributed by atoms with Gasteiger partial charge in [-0.25, -0.2) is 18.4 Å². The lowest BCUT2D eigenvalue weighted by Gasteiger charge is -2.33. The molecular weight excluding hydrogens is 839 g/mol. The molecule has 2 aliphatic heterocycles. The van der Waals surface area contributed by atoms with Gasteiger partial charge in [0.2, 0.25) is 17.7 Å². The molecule has 2 saturated heterocycles. The van der Waals surface area contributed by atoms with E-state index in [9.17, 15) is 28.8 Å². The minimum Gasteiger partial charge on any atom is -0.453 e. The summed E-state index contributed by atoms with van der Waals surface area (Å²) in [5, 5.41) is 11.0. The van der Waals surface area contributed by atoms with Crippen LogP contribution in [0.15, 0.2) is 66.7 Å². The molecule has 14 nitrogen and oxygen atoms in total. The van der Waals surface area contributed by atoms with E-state index in [4.69, 9.17) is 9.47 Å². The van der Waals surface area contributed by atoms with Gasteiger partial charge in [0, 0.05) is 29.3 Å². The zero-order valence-electron chi connectivity index (χ0n) is 37.7. The third-order valence-electron chi connectivity index (χ3n) is 13.8. The molecule has 0 unspecified atom stereocenters. The zero-order valence-corrected chi connectivity index (χ0v) is 37.7. The quantitative estimate of drug-likeness (QED) is 0.119. The van der Waals surface area contributed by atoms with Gasteiger partial charge in [-0.1, -0.05) is 88.4 Å². The molecule has 65 heavy (non-hydrogen) atoms. The maximum Gasteiger partial charge on any atom is 0.407 e. The Morgan fingerprint density at radius 3 is 1.89 bits per heavy atom. The Bertz CT molecular complexity index is 2280. The number of fused-ring (bicyclic) bond motifs is 4. The van der Waals surface area contributed by atoms with Crippen molar-refractivity contribution < 1.29 is 47.0 Å². The van der Waals surface area contributed by atoms with Crippen molar-refractivity contribution in [3.05, 3.63) is 83.4 Å². The molecule has 3 aromatic rings. The molecule has 0 bridgehead atoms. The van der Waals surface area contributed by atoms with Gasteiger partial charge >= 0.3 is 12.2 Å². The van der Waals surface area contributed by atoms with E-state index in [0.29, 0.717) is 23.4 Å². The number of halogens is 2. The first kappa shape index (κ1) is 46.9. The molecule has 7 rings (SSSR count). The van der Waals surface area contributed by atoms with Gasteiger partial charge in [0.1, 0.15) is 24.2 Å². The number of carbonyl (C=O) groups excluding carboxylic acids is 6. The summed E-state index contributed by atoms with van der Waals surface area (Å²) < 4.78 is 39.9. The van der Waals surface area contributed by atoms with Gasteiger partial charge in [0.25, 0.3) is 11.8 Å². The summed E-state index contributed by atoms with van der Waals surface area (Å²) in [4.78, 5) is 83.1. The Morgan fingerprint density at radius 1 is 0.754 bits per heavy atom. The summed E-state index contributed by atoms with van der Waals surface area (Å²) in [5.74, 6) is -5.46. The molecule has 3 fully saturated rings. The van der Waals surface area contributed by atoms with Crippen LogP contribution in [0.3, 0.4) is 0 Å². The number of alkyl carbamates (subject to hydrolysis) is 2. The van der Waals surface area contributed by atoms with Crippen molar-refractivity contribution in [2.24, 2.45) is 5.92 Å². The molecule has 1 saturated carbocycles. The van der Waals surface area contributed by atoms with E-state index in [2.05, 4.69) is 35.1 Å². The lowest BCUT2D eigenvalue weighted by molar-refractivity contribution is -0.140. The number of rotatable bonds is 15. The van der Waals surface area contributed by atoms with Crippen LogP contribution in [0, 0.1) is 5.92 Å². The molecule has 0 radical (unpaired) electrons. The first-order chi connectivity index (χ1) is 31.1. The molecule has 348 valence electrons. The minimum atomic E-state index is -3.36. The smallest absolute Gasteiger partial charge is 0.407 e. The Labute approximate surface area is 378 Å². The van der Waals surface area contributed by atoms with E-state index < -0.39 is 72.5 Å². The van der Waals surface area contributed by atoms with Crippen LogP contribution in [0.25, 0.3) is 11.1 Å². The second-order valence-corrected chi connectivity index (χ2v) is 17.9. The van der Waals surface area contributed by atoms with E-state index >= 15 is 8.78 Å². The topological polar surface area (TPSA) is 175 Å². The summed E-state index contributed by atoms with van der Waals surface area (Å²) in [6.07, 6.45) is 5.76. The summed E-state index contributed by atoms with van der Waals surface area (Å²) in [7, 11) is 2.36. The number of likely N-dealkylation sites (tertiary alicyclic amines) is 2. The number of hydrogen-bond acceptors (Lipinski definition) is 8. The van der Waals surface area contributed by atoms with Gasteiger partial charge in [-0.3, -0.25) is 19.2 Å². The number of ether oxygens (including phenoxy) is 2. The third-order valence-corrected chi connectivity index (χ3v) is 13.8. The maximum atomic E-state index is 15.2. The van der Waals surface area contributed by atoms with Crippen molar-refractivity contribution in [2.75, 3.05) is 31.4 Å². The van der Waals surface area contributed by atoms with E-state index in [0.717, 1.165) is 92.1 Å². The van der Waals surface area contributed by atoms with Gasteiger partial charge < -0.3 is 40.5 Å². The van der Waals surface area contributed by atoms with Crippen LogP contribution in [0.4, 0.5) is 29.7 Å². The number of benzene rings is 3. The monoisotopic (exact) mass is 898 g/mol. The van der Waals surface area contributed by atoms with Crippen molar-refractivity contribution >= 4 is 47.2 Å². The van der Waals surface area contributed by atoms with Gasteiger partial charge in [0.15, 0.2) is 0 Å². The van der Waals surface area contributed by atoms with Crippen LogP contribution in [0.1, 0.15) is 114 Å². The van der Waals surface area contributed by atoms with Gasteiger partial charge in [0.05, 0.1) is 20.8 Å². The summed E-state index contributed by atoms with van der Waals surface area (Å²) in [5.41, 5.74) is 4.72. The highest BCUT2D eigenvalue weighted by molar-refractivity contribution is 6.01. The Kier molecular flexibility index (Phi) is 14.1. The largest absolute Gasteiger partial charge is 0.453 e. The number of amides is 6. The second kappa shape index (κ2) is 19.6. The molecule has 6 atom stereocenters. The Hall–Kier alpha value is -6.06. The number of anilines is 2. The molecule has 4 aliphatic rings. The minimum absolute atomic E-state index is 0.0939. The van der Waals surface area contributed by atoms with Crippen molar-refractivity contribution in [1.29, 1.82) is 0 Å². The van der Waals surface area contributed by atoms with Crippen LogP contribution < -0.4 is 21.3 Å². The Balaban J connectivity index is 1.17. The third kappa shape index (κ3) is 9.53. The van der Waals surface area contributed by atoms with Crippen LogP contribution >= 0.6 is 0 Å². The normalized spacial score (nSPS) is 21.9.